The minimum Gasteiger partial charge on any atom is -0.463 e. The Morgan fingerprint density at radius 1 is 1.03 bits per heavy atom. The van der Waals surface area contributed by atoms with Crippen molar-refractivity contribution in [1.29, 1.82) is 0 Å². The second-order valence-corrected chi connectivity index (χ2v) is 10.4. The Kier molecular flexibility index (Phi) is 8.43. The molecule has 12 nitrogen and oxygen atoms in total. The highest BCUT2D eigenvalue weighted by molar-refractivity contribution is 7.86. The Morgan fingerprint density at radius 3 is 2.36 bits per heavy atom. The lowest BCUT2D eigenvalue weighted by Crippen LogP contribution is -2.43. The average molecular weight is 558 g/mol. The van der Waals surface area contributed by atoms with Crippen molar-refractivity contribution in [2.45, 2.75) is 50.2 Å². The van der Waals surface area contributed by atoms with Crippen molar-refractivity contribution in [3.63, 3.8) is 0 Å². The number of nitrogens with zero attached hydrogens (tertiary/aromatic N) is 1. The van der Waals surface area contributed by atoms with E-state index < -0.39 is 58.9 Å². The summed E-state index contributed by atoms with van der Waals surface area (Å²) in [5.74, 6) is -1.30. The molecule has 0 spiro atoms. The number of carbonyl (C=O) groups is 2. The lowest BCUT2D eigenvalue weighted by atomic mass is 10.1. The maximum absolute atomic E-state index is 13.2. The molecule has 0 aliphatic carbocycles. The van der Waals surface area contributed by atoms with Gasteiger partial charge in [0.1, 0.15) is 24.6 Å². The first-order valence-corrected chi connectivity index (χ1v) is 13.3. The summed E-state index contributed by atoms with van der Waals surface area (Å²) in [6, 6.07) is 15.0. The number of anilines is 1. The van der Waals surface area contributed by atoms with Crippen molar-refractivity contribution >= 4 is 27.9 Å². The van der Waals surface area contributed by atoms with E-state index in [1.165, 1.54) is 25.3 Å². The van der Waals surface area contributed by atoms with Gasteiger partial charge in [-0.2, -0.15) is 13.4 Å². The first kappa shape index (κ1) is 28.0. The van der Waals surface area contributed by atoms with Crippen LogP contribution in [-0.2, 0) is 38.1 Å². The van der Waals surface area contributed by atoms with Gasteiger partial charge in [0.2, 0.25) is 0 Å². The zero-order valence-corrected chi connectivity index (χ0v) is 22.1. The highest BCUT2D eigenvalue weighted by atomic mass is 32.2. The molecule has 1 aromatic heterocycles. The number of hydrogen-bond donors (Lipinski definition) is 2. The molecule has 1 saturated heterocycles. The van der Waals surface area contributed by atoms with Gasteiger partial charge >= 0.3 is 17.6 Å². The first-order valence-electron chi connectivity index (χ1n) is 11.9. The summed E-state index contributed by atoms with van der Waals surface area (Å²) in [5.41, 5.74) is 1.38. The Balaban J connectivity index is 1.71. The summed E-state index contributed by atoms with van der Waals surface area (Å²) < 4.78 is 48.4. The molecule has 3 aromatic rings. The summed E-state index contributed by atoms with van der Waals surface area (Å²) in [7, 11) is -4.36. The monoisotopic (exact) mass is 557 g/mol. The van der Waals surface area contributed by atoms with Crippen LogP contribution in [0.1, 0.15) is 19.4 Å². The van der Waals surface area contributed by atoms with Gasteiger partial charge in [0, 0.05) is 25.6 Å². The maximum Gasteiger partial charge on any atom is 0.346 e. The van der Waals surface area contributed by atoms with E-state index >= 15 is 0 Å². The van der Waals surface area contributed by atoms with Gasteiger partial charge < -0.3 is 24.5 Å². The third-order valence-electron chi connectivity index (χ3n) is 5.78. The molecule has 0 amide bonds. The SMILES string of the molecule is CC(=O)OC[C@H]1O[C@@H](Nc2nc(=O)[nH]cc2-c2ccccc2)[C@H](OC(C)=O)[C@H]1OS(=O)(=O)c1ccc(C)cc1. The summed E-state index contributed by atoms with van der Waals surface area (Å²) >= 11 is 0. The molecule has 1 aliphatic heterocycles. The Labute approximate surface area is 224 Å². The van der Waals surface area contributed by atoms with Crippen molar-refractivity contribution in [2.75, 3.05) is 11.9 Å². The average Bonchev–Trinajstić information content (AvgIpc) is 3.18. The van der Waals surface area contributed by atoms with Crippen molar-refractivity contribution in [2.24, 2.45) is 0 Å². The number of carbonyl (C=O) groups excluding carboxylic acids is 2. The van der Waals surface area contributed by atoms with Gasteiger partial charge in [0.25, 0.3) is 10.1 Å². The molecule has 2 aromatic carbocycles. The summed E-state index contributed by atoms with van der Waals surface area (Å²) in [6.07, 6.45) is -3.70. The third kappa shape index (κ3) is 6.88. The molecule has 39 heavy (non-hydrogen) atoms. The fourth-order valence-corrected chi connectivity index (χ4v) is 5.11. The number of aromatic amines is 1. The van der Waals surface area contributed by atoms with E-state index in [2.05, 4.69) is 15.3 Å². The van der Waals surface area contributed by atoms with Crippen molar-refractivity contribution < 1.29 is 36.4 Å². The molecule has 1 fully saturated rings. The number of nitrogens with one attached hydrogen (secondary N) is 2. The van der Waals surface area contributed by atoms with E-state index in [0.717, 1.165) is 12.5 Å². The quantitative estimate of drug-likeness (QED) is 0.293. The molecule has 13 heteroatoms. The summed E-state index contributed by atoms with van der Waals surface area (Å²) in [5, 5.41) is 2.94. The lowest BCUT2D eigenvalue weighted by Gasteiger charge is -2.24. The third-order valence-corrected chi connectivity index (χ3v) is 7.11. The van der Waals surface area contributed by atoms with Crippen LogP contribution >= 0.6 is 0 Å². The van der Waals surface area contributed by atoms with Crippen molar-refractivity contribution in [3.8, 4) is 11.1 Å². The zero-order valence-electron chi connectivity index (χ0n) is 21.3. The fraction of sp³-hybridized carbons (Fsp3) is 0.308. The van der Waals surface area contributed by atoms with Crippen molar-refractivity contribution in [3.05, 3.63) is 76.8 Å². The summed E-state index contributed by atoms with van der Waals surface area (Å²) in [4.78, 5) is 42.1. The van der Waals surface area contributed by atoms with Gasteiger partial charge in [-0.1, -0.05) is 48.0 Å². The topological polar surface area (TPSA) is 163 Å². The van der Waals surface area contributed by atoms with Crippen LogP contribution in [0.3, 0.4) is 0 Å². The maximum atomic E-state index is 13.2. The molecule has 1 aliphatic rings. The smallest absolute Gasteiger partial charge is 0.346 e. The first-order chi connectivity index (χ1) is 18.5. The number of ether oxygens (including phenoxy) is 3. The van der Waals surface area contributed by atoms with Crippen LogP contribution < -0.4 is 11.0 Å². The molecular formula is C26H27N3O9S. The molecule has 2 heterocycles. The number of esters is 2. The number of aromatic nitrogens is 2. The molecule has 2 N–H and O–H groups in total. The molecule has 0 bridgehead atoms. The minimum absolute atomic E-state index is 0.0837. The number of rotatable bonds is 9. The number of benzene rings is 2. The van der Waals surface area contributed by atoms with Gasteiger partial charge in [-0.15, -0.1) is 0 Å². The molecule has 0 radical (unpaired) electrons. The van der Waals surface area contributed by atoms with Crippen LogP contribution in [0.4, 0.5) is 5.82 Å². The normalized spacial score (nSPS) is 20.8. The van der Waals surface area contributed by atoms with Crippen LogP contribution in [0.2, 0.25) is 0 Å². The van der Waals surface area contributed by atoms with Gasteiger partial charge in [0.05, 0.1) is 4.90 Å². The van der Waals surface area contributed by atoms with Crippen LogP contribution in [0, 0.1) is 6.92 Å². The highest BCUT2D eigenvalue weighted by Crippen LogP contribution is 2.33. The molecule has 0 unspecified atom stereocenters. The van der Waals surface area contributed by atoms with Gasteiger partial charge in [-0.25, -0.2) is 4.79 Å². The van der Waals surface area contributed by atoms with Gasteiger partial charge in [-0.3, -0.25) is 13.8 Å². The summed E-state index contributed by atoms with van der Waals surface area (Å²) in [6.45, 7) is 3.73. The van der Waals surface area contributed by atoms with Crippen LogP contribution in [0.5, 0.6) is 0 Å². The largest absolute Gasteiger partial charge is 0.463 e. The molecule has 0 saturated carbocycles. The second kappa shape index (κ2) is 11.8. The van der Waals surface area contributed by atoms with Gasteiger partial charge in [0.15, 0.2) is 12.3 Å². The Morgan fingerprint density at radius 2 is 1.72 bits per heavy atom. The number of aryl methyl sites for hydroxylation is 1. The van der Waals surface area contributed by atoms with E-state index in [4.69, 9.17) is 18.4 Å². The van der Waals surface area contributed by atoms with Crippen LogP contribution in [0.15, 0.2) is 70.5 Å². The Hall–Kier alpha value is -4.07. The lowest BCUT2D eigenvalue weighted by molar-refractivity contribution is -0.151. The Bertz CT molecular complexity index is 1490. The van der Waals surface area contributed by atoms with Gasteiger partial charge in [-0.05, 0) is 24.6 Å². The van der Waals surface area contributed by atoms with E-state index in [1.54, 1.807) is 43.3 Å². The number of H-pyrrole nitrogens is 1. The molecular weight excluding hydrogens is 530 g/mol. The predicted octanol–water partition coefficient (Wildman–Crippen LogP) is 2.15. The zero-order chi connectivity index (χ0) is 28.2. The van der Waals surface area contributed by atoms with Crippen molar-refractivity contribution in [1.82, 2.24) is 9.97 Å². The fourth-order valence-electron chi connectivity index (χ4n) is 4.00. The molecule has 4 rings (SSSR count). The van der Waals surface area contributed by atoms with Crippen LogP contribution in [-0.4, -0.2) is 61.5 Å². The standard InChI is InChI=1S/C26H27N3O9S/c1-15-9-11-19(12-10-15)39(33,34)38-22-21(14-35-16(2)30)37-25(23(22)36-17(3)31)28-24-20(13-27-26(32)29-24)18-7-5-4-6-8-18/h4-13,21-23,25H,14H2,1-3H3,(H2,27,28,29,32)/t21-,22+,23-,25-/m1/s1. The van der Waals surface area contributed by atoms with E-state index in [9.17, 15) is 22.8 Å². The molecule has 4 atom stereocenters. The molecule has 206 valence electrons. The predicted molar refractivity (Wildman–Crippen MR) is 138 cm³/mol. The van der Waals surface area contributed by atoms with E-state index in [1.807, 2.05) is 6.07 Å². The number of hydrogen-bond acceptors (Lipinski definition) is 11. The second-order valence-electron chi connectivity index (χ2n) is 8.78. The van der Waals surface area contributed by atoms with E-state index in [0.29, 0.717) is 11.1 Å². The highest BCUT2D eigenvalue weighted by Gasteiger charge is 2.51. The van der Waals surface area contributed by atoms with E-state index in [-0.39, 0.29) is 10.7 Å². The van der Waals surface area contributed by atoms with Crippen LogP contribution in [0.25, 0.3) is 11.1 Å². The minimum atomic E-state index is -4.36.